The molecular weight excluding hydrogens is 320 g/mol. The van der Waals surface area contributed by atoms with Crippen molar-refractivity contribution in [1.82, 2.24) is 0 Å². The molecule has 0 saturated heterocycles. The molecule has 0 aliphatic rings. The summed E-state index contributed by atoms with van der Waals surface area (Å²) in [4.78, 5) is 12.4. The van der Waals surface area contributed by atoms with Gasteiger partial charge in [-0.1, -0.05) is 30.3 Å². The first-order valence-electron chi connectivity index (χ1n) is 8.83. The summed E-state index contributed by atoms with van der Waals surface area (Å²) in [6.07, 6.45) is 0. The zero-order valence-electron chi connectivity index (χ0n) is 16.0. The molecule has 0 heterocycles. The third-order valence-electron chi connectivity index (χ3n) is 4.96. The molecule has 3 rings (SSSR count). The van der Waals surface area contributed by atoms with Crippen LogP contribution in [0, 0.1) is 34.6 Å². The molecule has 26 heavy (non-hydrogen) atoms. The van der Waals surface area contributed by atoms with Gasteiger partial charge in [-0.25, -0.2) is 4.79 Å². The Morgan fingerprint density at radius 3 is 1.73 bits per heavy atom. The minimum Gasteiger partial charge on any atom is -0.423 e. The topological polar surface area (TPSA) is 26.3 Å². The Morgan fingerprint density at radius 2 is 1.15 bits per heavy atom. The van der Waals surface area contributed by atoms with E-state index in [0.717, 1.165) is 22.3 Å². The highest BCUT2D eigenvalue weighted by atomic mass is 16.5. The zero-order chi connectivity index (χ0) is 18.8. The number of hydrogen-bond acceptors (Lipinski definition) is 2. The van der Waals surface area contributed by atoms with Gasteiger partial charge in [0, 0.05) is 0 Å². The van der Waals surface area contributed by atoms with Gasteiger partial charge >= 0.3 is 5.97 Å². The smallest absolute Gasteiger partial charge is 0.343 e. The van der Waals surface area contributed by atoms with Crippen LogP contribution >= 0.6 is 0 Å². The van der Waals surface area contributed by atoms with E-state index in [1.165, 1.54) is 16.7 Å². The molecule has 0 N–H and O–H groups in total. The van der Waals surface area contributed by atoms with Crippen LogP contribution in [0.2, 0.25) is 0 Å². The van der Waals surface area contributed by atoms with Gasteiger partial charge in [0.25, 0.3) is 0 Å². The van der Waals surface area contributed by atoms with E-state index in [-0.39, 0.29) is 5.97 Å². The second-order valence-corrected chi connectivity index (χ2v) is 6.97. The fourth-order valence-electron chi connectivity index (χ4n) is 2.89. The average Bonchev–Trinajstić information content (AvgIpc) is 2.61. The predicted molar refractivity (Wildman–Crippen MR) is 107 cm³/mol. The molecule has 3 aromatic rings. The van der Waals surface area contributed by atoms with E-state index < -0.39 is 0 Å². The van der Waals surface area contributed by atoms with Crippen molar-refractivity contribution in [2.24, 2.45) is 0 Å². The van der Waals surface area contributed by atoms with Gasteiger partial charge in [-0.2, -0.15) is 0 Å². The van der Waals surface area contributed by atoms with Crippen molar-refractivity contribution in [3.8, 4) is 16.9 Å². The van der Waals surface area contributed by atoms with Crippen molar-refractivity contribution in [2.75, 3.05) is 0 Å². The van der Waals surface area contributed by atoms with Gasteiger partial charge in [0.2, 0.25) is 0 Å². The molecule has 2 nitrogen and oxygen atoms in total. The van der Waals surface area contributed by atoms with Crippen LogP contribution in [0.4, 0.5) is 0 Å². The van der Waals surface area contributed by atoms with Gasteiger partial charge in [0.15, 0.2) is 0 Å². The van der Waals surface area contributed by atoms with Crippen LogP contribution in [-0.2, 0) is 0 Å². The number of carbonyl (C=O) groups is 1. The Morgan fingerprint density at radius 1 is 0.615 bits per heavy atom. The van der Waals surface area contributed by atoms with Gasteiger partial charge < -0.3 is 4.74 Å². The lowest BCUT2D eigenvalue weighted by Crippen LogP contribution is -2.09. The van der Waals surface area contributed by atoms with Crippen molar-refractivity contribution in [1.29, 1.82) is 0 Å². The molecule has 0 radical (unpaired) electrons. The number of rotatable bonds is 3. The highest BCUT2D eigenvalue weighted by Gasteiger charge is 2.12. The van der Waals surface area contributed by atoms with Crippen LogP contribution in [0.15, 0.2) is 54.6 Å². The second kappa shape index (κ2) is 7.17. The maximum atomic E-state index is 12.4. The Balaban J connectivity index is 1.84. The third kappa shape index (κ3) is 3.70. The number of carbonyl (C=O) groups excluding carboxylic acids is 1. The largest absolute Gasteiger partial charge is 0.423 e. The van der Waals surface area contributed by atoms with E-state index in [2.05, 4.69) is 38.1 Å². The summed E-state index contributed by atoms with van der Waals surface area (Å²) in [5.74, 6) is 0.274. The monoisotopic (exact) mass is 344 g/mol. The maximum absolute atomic E-state index is 12.4. The SMILES string of the molecule is Cc1ccc(C(=O)Oc2ccc(-c3ccc(C)c(C)c3)cc2C)cc1C. The van der Waals surface area contributed by atoms with E-state index in [4.69, 9.17) is 4.74 Å². The Labute approximate surface area is 155 Å². The van der Waals surface area contributed by atoms with E-state index in [0.29, 0.717) is 11.3 Å². The second-order valence-electron chi connectivity index (χ2n) is 6.97. The van der Waals surface area contributed by atoms with Gasteiger partial charge in [-0.05, 0) is 97.8 Å². The summed E-state index contributed by atoms with van der Waals surface area (Å²) in [5, 5.41) is 0. The van der Waals surface area contributed by atoms with Crippen molar-refractivity contribution in [3.05, 3.63) is 88.0 Å². The normalized spacial score (nSPS) is 10.7. The average molecular weight is 344 g/mol. The number of ether oxygens (including phenoxy) is 1. The fraction of sp³-hybridized carbons (Fsp3) is 0.208. The van der Waals surface area contributed by atoms with Crippen molar-refractivity contribution < 1.29 is 9.53 Å². The lowest BCUT2D eigenvalue weighted by Gasteiger charge is -2.11. The first-order valence-corrected chi connectivity index (χ1v) is 8.83. The molecule has 0 atom stereocenters. The predicted octanol–water partition coefficient (Wildman–Crippen LogP) is 6.11. The summed E-state index contributed by atoms with van der Waals surface area (Å²) in [7, 11) is 0. The fourth-order valence-corrected chi connectivity index (χ4v) is 2.89. The summed E-state index contributed by atoms with van der Waals surface area (Å²) >= 11 is 0. The summed E-state index contributed by atoms with van der Waals surface area (Å²) in [6.45, 7) is 10.2. The Hall–Kier alpha value is -2.87. The molecule has 0 fully saturated rings. The molecule has 0 bridgehead atoms. The van der Waals surface area contributed by atoms with Crippen molar-refractivity contribution >= 4 is 5.97 Å². The molecule has 3 aromatic carbocycles. The number of esters is 1. The molecular formula is C24H24O2. The molecule has 0 spiro atoms. The standard InChI is InChI=1S/C24H24O2/c1-15-6-8-20(12-17(15)3)21-10-11-23(19(5)14-21)26-24(25)22-9-7-16(2)18(4)13-22/h6-14H,1-5H3. The van der Waals surface area contributed by atoms with E-state index in [1.54, 1.807) is 0 Å². The van der Waals surface area contributed by atoms with Gasteiger partial charge in [0.05, 0.1) is 5.56 Å². The van der Waals surface area contributed by atoms with Crippen molar-refractivity contribution in [3.63, 3.8) is 0 Å². The minimum atomic E-state index is -0.324. The van der Waals surface area contributed by atoms with Crippen LogP contribution in [0.5, 0.6) is 5.75 Å². The number of benzene rings is 3. The van der Waals surface area contributed by atoms with Crippen LogP contribution in [0.25, 0.3) is 11.1 Å². The number of aryl methyl sites for hydroxylation is 5. The van der Waals surface area contributed by atoms with Crippen LogP contribution < -0.4 is 4.74 Å². The number of hydrogen-bond donors (Lipinski definition) is 0. The summed E-state index contributed by atoms with van der Waals surface area (Å²) < 4.78 is 5.62. The lowest BCUT2D eigenvalue weighted by molar-refractivity contribution is 0.0733. The molecule has 0 aromatic heterocycles. The maximum Gasteiger partial charge on any atom is 0.343 e. The minimum absolute atomic E-state index is 0.324. The summed E-state index contributed by atoms with van der Waals surface area (Å²) in [6, 6.07) is 18.0. The zero-order valence-corrected chi connectivity index (χ0v) is 16.0. The van der Waals surface area contributed by atoms with Crippen molar-refractivity contribution in [2.45, 2.75) is 34.6 Å². The van der Waals surface area contributed by atoms with E-state index in [9.17, 15) is 4.79 Å². The quantitative estimate of drug-likeness (QED) is 0.423. The molecule has 0 amide bonds. The van der Waals surface area contributed by atoms with Gasteiger partial charge in [-0.3, -0.25) is 0 Å². The highest BCUT2D eigenvalue weighted by Crippen LogP contribution is 2.28. The molecule has 0 aliphatic carbocycles. The van der Waals surface area contributed by atoms with E-state index >= 15 is 0 Å². The highest BCUT2D eigenvalue weighted by molar-refractivity contribution is 5.91. The molecule has 132 valence electrons. The first-order chi connectivity index (χ1) is 12.3. The molecule has 0 saturated carbocycles. The van der Waals surface area contributed by atoms with Gasteiger partial charge in [0.1, 0.15) is 5.75 Å². The van der Waals surface area contributed by atoms with Crippen LogP contribution in [0.1, 0.15) is 38.2 Å². The molecule has 0 aliphatic heterocycles. The Kier molecular flexibility index (Phi) is 4.94. The summed E-state index contributed by atoms with van der Waals surface area (Å²) in [5.41, 5.74) is 8.61. The molecule has 2 heteroatoms. The molecule has 0 unspecified atom stereocenters. The first kappa shape index (κ1) is 17.9. The van der Waals surface area contributed by atoms with E-state index in [1.807, 2.05) is 51.1 Å². The third-order valence-corrected chi connectivity index (χ3v) is 4.96. The van der Waals surface area contributed by atoms with Gasteiger partial charge in [-0.15, -0.1) is 0 Å². The van der Waals surface area contributed by atoms with Crippen LogP contribution in [-0.4, -0.2) is 5.97 Å². The van der Waals surface area contributed by atoms with Crippen LogP contribution in [0.3, 0.4) is 0 Å². The lowest BCUT2D eigenvalue weighted by atomic mass is 9.99. The Bertz CT molecular complexity index is 983.